The Morgan fingerprint density at radius 3 is 2.64 bits per heavy atom. The number of rotatable bonds is 2. The number of fused-ring (bicyclic) bond motifs is 1. The van der Waals surface area contributed by atoms with Crippen molar-refractivity contribution in [3.8, 4) is 0 Å². The van der Waals surface area contributed by atoms with Gasteiger partial charge in [0.2, 0.25) is 5.91 Å². The molecule has 2 aliphatic rings. The Morgan fingerprint density at radius 1 is 1.08 bits per heavy atom. The van der Waals surface area contributed by atoms with Gasteiger partial charge in [-0.25, -0.2) is 4.98 Å². The summed E-state index contributed by atoms with van der Waals surface area (Å²) in [4.78, 5) is 26.1. The molecule has 0 radical (unpaired) electrons. The SMILES string of the molecule is Cc1nccnc1N1CCN(C2CCc3ccccc3NC2=O)CC1. The van der Waals surface area contributed by atoms with Crippen molar-refractivity contribution in [2.24, 2.45) is 0 Å². The summed E-state index contributed by atoms with van der Waals surface area (Å²) in [5.41, 5.74) is 3.15. The van der Waals surface area contributed by atoms with E-state index < -0.39 is 0 Å². The second-order valence-electron chi connectivity index (χ2n) is 6.69. The number of nitrogens with one attached hydrogen (secondary N) is 1. The number of aryl methyl sites for hydroxylation is 2. The van der Waals surface area contributed by atoms with Gasteiger partial charge in [0.1, 0.15) is 5.82 Å². The maximum Gasteiger partial charge on any atom is 0.241 e. The summed E-state index contributed by atoms with van der Waals surface area (Å²) in [5, 5.41) is 3.11. The van der Waals surface area contributed by atoms with Gasteiger partial charge >= 0.3 is 0 Å². The van der Waals surface area contributed by atoms with Crippen molar-refractivity contribution in [2.75, 3.05) is 36.4 Å². The third-order valence-electron chi connectivity index (χ3n) is 5.17. The van der Waals surface area contributed by atoms with Crippen LogP contribution in [0.4, 0.5) is 11.5 Å². The molecule has 1 N–H and O–H groups in total. The molecule has 1 aromatic carbocycles. The van der Waals surface area contributed by atoms with Gasteiger partial charge in [-0.05, 0) is 31.4 Å². The minimum Gasteiger partial charge on any atom is -0.353 e. The van der Waals surface area contributed by atoms with E-state index in [1.54, 1.807) is 12.4 Å². The molecule has 1 unspecified atom stereocenters. The van der Waals surface area contributed by atoms with Crippen molar-refractivity contribution < 1.29 is 4.79 Å². The molecule has 6 heteroatoms. The quantitative estimate of drug-likeness (QED) is 0.906. The highest BCUT2D eigenvalue weighted by Crippen LogP contribution is 2.25. The van der Waals surface area contributed by atoms with Crippen molar-refractivity contribution in [1.29, 1.82) is 0 Å². The highest BCUT2D eigenvalue weighted by atomic mass is 16.2. The summed E-state index contributed by atoms with van der Waals surface area (Å²) >= 11 is 0. The number of carbonyl (C=O) groups excluding carboxylic acids is 1. The van der Waals surface area contributed by atoms with Crippen molar-refractivity contribution in [1.82, 2.24) is 14.9 Å². The van der Waals surface area contributed by atoms with E-state index in [9.17, 15) is 4.79 Å². The number of para-hydroxylation sites is 1. The Bertz CT molecular complexity index is 770. The van der Waals surface area contributed by atoms with Gasteiger partial charge in [-0.2, -0.15) is 0 Å². The number of carbonyl (C=O) groups is 1. The molecule has 2 aliphatic heterocycles. The zero-order chi connectivity index (χ0) is 17.2. The monoisotopic (exact) mass is 337 g/mol. The number of benzene rings is 1. The average Bonchev–Trinajstić information content (AvgIpc) is 2.81. The fourth-order valence-corrected chi connectivity index (χ4v) is 3.80. The first-order valence-electron chi connectivity index (χ1n) is 8.88. The lowest BCUT2D eigenvalue weighted by molar-refractivity contribution is -0.121. The number of piperazine rings is 1. The number of hydrogen-bond donors (Lipinski definition) is 1. The van der Waals surface area contributed by atoms with E-state index in [1.165, 1.54) is 5.56 Å². The van der Waals surface area contributed by atoms with Crippen LogP contribution in [0.1, 0.15) is 17.7 Å². The van der Waals surface area contributed by atoms with E-state index in [4.69, 9.17) is 0 Å². The number of aromatic nitrogens is 2. The third kappa shape index (κ3) is 3.22. The van der Waals surface area contributed by atoms with Crippen molar-refractivity contribution >= 4 is 17.4 Å². The van der Waals surface area contributed by atoms with Gasteiger partial charge in [0.15, 0.2) is 0 Å². The maximum atomic E-state index is 12.7. The lowest BCUT2D eigenvalue weighted by Gasteiger charge is -2.38. The van der Waals surface area contributed by atoms with Crippen LogP contribution in [0.3, 0.4) is 0 Å². The summed E-state index contributed by atoms with van der Waals surface area (Å²) in [5.74, 6) is 1.08. The van der Waals surface area contributed by atoms with Crippen LogP contribution in [-0.2, 0) is 11.2 Å². The average molecular weight is 337 g/mol. The van der Waals surface area contributed by atoms with Gasteiger partial charge in [0.25, 0.3) is 0 Å². The third-order valence-corrected chi connectivity index (χ3v) is 5.17. The van der Waals surface area contributed by atoms with Gasteiger partial charge in [-0.15, -0.1) is 0 Å². The molecular weight excluding hydrogens is 314 g/mol. The van der Waals surface area contributed by atoms with E-state index in [2.05, 4.69) is 31.2 Å². The van der Waals surface area contributed by atoms with Crippen LogP contribution in [-0.4, -0.2) is 53.0 Å². The van der Waals surface area contributed by atoms with Gasteiger partial charge in [0, 0.05) is 44.3 Å². The highest BCUT2D eigenvalue weighted by Gasteiger charge is 2.31. The van der Waals surface area contributed by atoms with Crippen LogP contribution in [0.5, 0.6) is 0 Å². The van der Waals surface area contributed by atoms with Gasteiger partial charge in [-0.3, -0.25) is 14.7 Å². The zero-order valence-electron chi connectivity index (χ0n) is 14.5. The van der Waals surface area contributed by atoms with Crippen LogP contribution in [0.25, 0.3) is 0 Å². The first kappa shape index (κ1) is 16.0. The first-order chi connectivity index (χ1) is 12.2. The number of anilines is 2. The zero-order valence-corrected chi connectivity index (χ0v) is 14.5. The molecule has 0 spiro atoms. The molecule has 1 atom stereocenters. The van der Waals surface area contributed by atoms with E-state index in [0.29, 0.717) is 0 Å². The minimum atomic E-state index is -0.0579. The molecule has 0 saturated carbocycles. The van der Waals surface area contributed by atoms with E-state index in [0.717, 1.165) is 56.2 Å². The molecular formula is C19H23N5O. The molecule has 0 aliphatic carbocycles. The molecule has 1 amide bonds. The molecule has 25 heavy (non-hydrogen) atoms. The largest absolute Gasteiger partial charge is 0.353 e. The van der Waals surface area contributed by atoms with E-state index in [-0.39, 0.29) is 11.9 Å². The van der Waals surface area contributed by atoms with E-state index >= 15 is 0 Å². The summed E-state index contributed by atoms with van der Waals surface area (Å²) in [6.45, 7) is 5.46. The highest BCUT2D eigenvalue weighted by molar-refractivity contribution is 5.96. The summed E-state index contributed by atoms with van der Waals surface area (Å²) in [7, 11) is 0. The predicted molar refractivity (Wildman–Crippen MR) is 97.7 cm³/mol. The second kappa shape index (κ2) is 6.80. The standard InChI is InChI=1S/C19H23N5O/c1-14-18(21-9-8-20-14)24-12-10-23(11-13-24)17-7-6-15-4-2-3-5-16(15)22-19(17)25/h2-5,8-9,17H,6-7,10-13H2,1H3,(H,22,25). The summed E-state index contributed by atoms with van der Waals surface area (Å²) in [6.07, 6.45) is 5.27. The van der Waals surface area contributed by atoms with Crippen LogP contribution >= 0.6 is 0 Å². The summed E-state index contributed by atoms with van der Waals surface area (Å²) < 4.78 is 0. The molecule has 1 fully saturated rings. The topological polar surface area (TPSA) is 61.4 Å². The fraction of sp³-hybridized carbons (Fsp3) is 0.421. The van der Waals surface area contributed by atoms with Crippen LogP contribution < -0.4 is 10.2 Å². The smallest absolute Gasteiger partial charge is 0.241 e. The Hall–Kier alpha value is -2.47. The lowest BCUT2D eigenvalue weighted by atomic mass is 10.0. The second-order valence-corrected chi connectivity index (χ2v) is 6.69. The predicted octanol–water partition coefficient (Wildman–Crippen LogP) is 1.86. The maximum absolute atomic E-state index is 12.7. The molecule has 3 heterocycles. The van der Waals surface area contributed by atoms with Crippen LogP contribution in [0.2, 0.25) is 0 Å². The first-order valence-corrected chi connectivity index (χ1v) is 8.88. The Balaban J connectivity index is 1.43. The minimum absolute atomic E-state index is 0.0579. The lowest BCUT2D eigenvalue weighted by Crippen LogP contribution is -2.54. The van der Waals surface area contributed by atoms with Gasteiger partial charge in [-0.1, -0.05) is 18.2 Å². The van der Waals surface area contributed by atoms with E-state index in [1.807, 2.05) is 25.1 Å². The fourth-order valence-electron chi connectivity index (χ4n) is 3.80. The Labute approximate surface area is 147 Å². The number of amides is 1. The van der Waals surface area contributed by atoms with Crippen LogP contribution in [0, 0.1) is 6.92 Å². The molecule has 130 valence electrons. The number of hydrogen-bond acceptors (Lipinski definition) is 5. The number of nitrogens with zero attached hydrogens (tertiary/aromatic N) is 4. The molecule has 4 rings (SSSR count). The van der Waals surface area contributed by atoms with Crippen molar-refractivity contribution in [3.05, 3.63) is 47.9 Å². The molecule has 2 aromatic rings. The summed E-state index contributed by atoms with van der Waals surface area (Å²) in [6, 6.07) is 8.05. The Kier molecular flexibility index (Phi) is 4.36. The van der Waals surface area contributed by atoms with Crippen LogP contribution in [0.15, 0.2) is 36.7 Å². The van der Waals surface area contributed by atoms with Gasteiger partial charge < -0.3 is 10.2 Å². The van der Waals surface area contributed by atoms with Crippen molar-refractivity contribution in [2.45, 2.75) is 25.8 Å². The molecule has 0 bridgehead atoms. The van der Waals surface area contributed by atoms with Crippen molar-refractivity contribution in [3.63, 3.8) is 0 Å². The normalized spacial score (nSPS) is 21.4. The molecule has 1 aromatic heterocycles. The van der Waals surface area contributed by atoms with Gasteiger partial charge in [0.05, 0.1) is 11.7 Å². The molecule has 1 saturated heterocycles. The molecule has 6 nitrogen and oxygen atoms in total. The Morgan fingerprint density at radius 2 is 1.84 bits per heavy atom.